The molecule has 1 fully saturated rings. The van der Waals surface area contributed by atoms with E-state index in [2.05, 4.69) is 5.32 Å². The Bertz CT molecular complexity index is 885. The van der Waals surface area contributed by atoms with Crippen LogP contribution in [-0.4, -0.2) is 41.2 Å². The molecule has 2 aromatic rings. The third-order valence-corrected chi connectivity index (χ3v) is 5.43. The van der Waals surface area contributed by atoms with Crippen molar-refractivity contribution in [1.29, 1.82) is 0 Å². The van der Waals surface area contributed by atoms with Crippen LogP contribution in [0.4, 0.5) is 4.79 Å². The Hall–Kier alpha value is -2.41. The summed E-state index contributed by atoms with van der Waals surface area (Å²) in [5.74, 6) is -0.392. The SMILES string of the molecule is Cc1ccc([C@]2(C)NC(=O)N(C[C@@H](O)CO[C@@H](C)c3ccc(Cl)cc3)C2=O)cc1. The van der Waals surface area contributed by atoms with Crippen molar-refractivity contribution in [2.75, 3.05) is 13.2 Å². The second-order valence-corrected chi connectivity index (χ2v) is 7.95. The molecule has 0 aliphatic carbocycles. The average Bonchev–Trinajstić information content (AvgIpc) is 2.91. The van der Waals surface area contributed by atoms with Gasteiger partial charge in [0.15, 0.2) is 0 Å². The fourth-order valence-electron chi connectivity index (χ4n) is 3.29. The lowest BCUT2D eigenvalue weighted by atomic mass is 9.91. The van der Waals surface area contributed by atoms with Gasteiger partial charge in [-0.2, -0.15) is 0 Å². The molecule has 3 rings (SSSR count). The molecule has 1 saturated heterocycles. The predicted molar refractivity (Wildman–Crippen MR) is 111 cm³/mol. The van der Waals surface area contributed by atoms with Crippen molar-refractivity contribution in [3.05, 3.63) is 70.2 Å². The van der Waals surface area contributed by atoms with Gasteiger partial charge in [-0.15, -0.1) is 0 Å². The molecule has 1 aliphatic heterocycles. The molecular formula is C22H25ClN2O4. The highest BCUT2D eigenvalue weighted by Crippen LogP contribution is 2.29. The summed E-state index contributed by atoms with van der Waals surface area (Å²) in [6.07, 6.45) is -1.26. The number of amides is 3. The molecule has 1 aliphatic rings. The maximum atomic E-state index is 12.9. The van der Waals surface area contributed by atoms with E-state index < -0.39 is 23.6 Å². The summed E-state index contributed by atoms with van der Waals surface area (Å²) in [6, 6.07) is 14.1. The van der Waals surface area contributed by atoms with Gasteiger partial charge >= 0.3 is 6.03 Å². The molecule has 0 bridgehead atoms. The van der Waals surface area contributed by atoms with Crippen molar-refractivity contribution in [2.24, 2.45) is 0 Å². The molecule has 1 heterocycles. The number of aliphatic hydroxyl groups is 1. The first-order valence-electron chi connectivity index (χ1n) is 9.47. The molecule has 7 heteroatoms. The Balaban J connectivity index is 1.60. The van der Waals surface area contributed by atoms with Crippen molar-refractivity contribution in [3.63, 3.8) is 0 Å². The molecule has 2 aromatic carbocycles. The number of carbonyl (C=O) groups is 2. The molecule has 0 aromatic heterocycles. The lowest BCUT2D eigenvalue weighted by molar-refractivity contribution is -0.132. The van der Waals surface area contributed by atoms with Crippen molar-refractivity contribution in [3.8, 4) is 0 Å². The largest absolute Gasteiger partial charge is 0.389 e. The maximum Gasteiger partial charge on any atom is 0.325 e. The first-order chi connectivity index (χ1) is 13.7. The highest BCUT2D eigenvalue weighted by Gasteiger charge is 2.49. The van der Waals surface area contributed by atoms with Gasteiger partial charge in [-0.25, -0.2) is 4.79 Å². The van der Waals surface area contributed by atoms with Crippen LogP contribution in [0.1, 0.15) is 36.6 Å². The monoisotopic (exact) mass is 416 g/mol. The Labute approximate surface area is 175 Å². The van der Waals surface area contributed by atoms with E-state index in [1.54, 1.807) is 19.1 Å². The fraction of sp³-hybridized carbons (Fsp3) is 0.364. The number of hydrogen-bond donors (Lipinski definition) is 2. The van der Waals surface area contributed by atoms with Gasteiger partial charge in [0, 0.05) is 5.02 Å². The molecule has 29 heavy (non-hydrogen) atoms. The molecular weight excluding hydrogens is 392 g/mol. The third kappa shape index (κ3) is 4.61. The van der Waals surface area contributed by atoms with Crippen molar-refractivity contribution >= 4 is 23.5 Å². The molecule has 3 atom stereocenters. The number of aryl methyl sites for hydroxylation is 1. The number of β-amino-alcohol motifs (C(OH)–C–C–N with tert-alkyl or cyclic N) is 1. The van der Waals surface area contributed by atoms with E-state index in [0.717, 1.165) is 16.0 Å². The summed E-state index contributed by atoms with van der Waals surface area (Å²) in [5, 5.41) is 13.7. The Morgan fingerprint density at radius 1 is 1.14 bits per heavy atom. The van der Waals surface area contributed by atoms with E-state index in [4.69, 9.17) is 16.3 Å². The van der Waals surface area contributed by atoms with Gasteiger partial charge in [-0.1, -0.05) is 53.6 Å². The molecule has 0 radical (unpaired) electrons. The molecule has 3 amide bonds. The number of rotatable bonds is 7. The highest BCUT2D eigenvalue weighted by atomic mass is 35.5. The van der Waals surface area contributed by atoms with Gasteiger partial charge in [-0.3, -0.25) is 9.69 Å². The Morgan fingerprint density at radius 3 is 2.38 bits per heavy atom. The minimum atomic E-state index is -1.15. The van der Waals surface area contributed by atoms with Gasteiger partial charge in [0.1, 0.15) is 5.54 Å². The summed E-state index contributed by atoms with van der Waals surface area (Å²) in [6.45, 7) is 5.33. The number of ether oxygens (including phenoxy) is 1. The van der Waals surface area contributed by atoms with Crippen molar-refractivity contribution in [2.45, 2.75) is 38.5 Å². The molecule has 0 unspecified atom stereocenters. The summed E-state index contributed by atoms with van der Waals surface area (Å²) in [7, 11) is 0. The van der Waals surface area contributed by atoms with Gasteiger partial charge in [0.2, 0.25) is 0 Å². The van der Waals surface area contributed by atoms with Crippen molar-refractivity contribution in [1.82, 2.24) is 10.2 Å². The van der Waals surface area contributed by atoms with Gasteiger partial charge < -0.3 is 15.2 Å². The number of hydrogen-bond acceptors (Lipinski definition) is 4. The second-order valence-electron chi connectivity index (χ2n) is 7.52. The van der Waals surface area contributed by atoms with E-state index in [1.807, 2.05) is 50.2 Å². The Morgan fingerprint density at radius 2 is 1.76 bits per heavy atom. The Kier molecular flexibility index (Phi) is 6.27. The van der Waals surface area contributed by atoms with E-state index in [1.165, 1.54) is 0 Å². The van der Waals surface area contributed by atoms with Gasteiger partial charge in [-0.05, 0) is 44.0 Å². The van der Waals surface area contributed by atoms with E-state index >= 15 is 0 Å². The number of halogens is 1. The molecule has 6 nitrogen and oxygen atoms in total. The van der Waals surface area contributed by atoms with Crippen LogP contribution < -0.4 is 5.32 Å². The normalized spacial score (nSPS) is 21.2. The lowest BCUT2D eigenvalue weighted by Crippen LogP contribution is -2.42. The topological polar surface area (TPSA) is 78.9 Å². The van der Waals surface area contributed by atoms with E-state index in [-0.39, 0.29) is 19.3 Å². The predicted octanol–water partition coefficient (Wildman–Crippen LogP) is 3.55. The van der Waals surface area contributed by atoms with Crippen LogP contribution in [0.3, 0.4) is 0 Å². The minimum Gasteiger partial charge on any atom is -0.389 e. The number of aliphatic hydroxyl groups excluding tert-OH is 1. The fourth-order valence-corrected chi connectivity index (χ4v) is 3.42. The van der Waals surface area contributed by atoms with Crippen LogP contribution in [-0.2, 0) is 15.1 Å². The average molecular weight is 417 g/mol. The van der Waals surface area contributed by atoms with Crippen LogP contribution in [0, 0.1) is 6.92 Å². The minimum absolute atomic E-state index is 0.0118. The lowest BCUT2D eigenvalue weighted by Gasteiger charge is -2.23. The van der Waals surface area contributed by atoms with E-state index in [9.17, 15) is 14.7 Å². The van der Waals surface area contributed by atoms with Crippen LogP contribution in [0.25, 0.3) is 0 Å². The summed E-state index contributed by atoms with van der Waals surface area (Å²) in [5.41, 5.74) is 1.53. The van der Waals surface area contributed by atoms with Crippen LogP contribution >= 0.6 is 11.6 Å². The number of benzene rings is 2. The smallest absolute Gasteiger partial charge is 0.325 e. The molecule has 0 spiro atoms. The number of nitrogens with one attached hydrogen (secondary N) is 1. The quantitative estimate of drug-likeness (QED) is 0.676. The summed E-state index contributed by atoms with van der Waals surface area (Å²) in [4.78, 5) is 26.4. The number of nitrogens with zero attached hydrogens (tertiary/aromatic N) is 1. The zero-order valence-electron chi connectivity index (χ0n) is 16.7. The second kappa shape index (κ2) is 8.53. The molecule has 2 N–H and O–H groups in total. The van der Waals surface area contributed by atoms with Gasteiger partial charge in [0.25, 0.3) is 5.91 Å². The zero-order chi connectivity index (χ0) is 21.2. The standard InChI is InChI=1S/C22H25ClN2O4/c1-14-4-8-17(9-5-14)22(3)20(27)25(21(28)24-22)12-19(26)13-29-15(2)16-6-10-18(23)11-7-16/h4-11,15,19,26H,12-13H2,1-3H3,(H,24,28)/t15-,19+,22-/m0/s1. The van der Waals surface area contributed by atoms with Crippen LogP contribution in [0.2, 0.25) is 5.02 Å². The number of carbonyl (C=O) groups excluding carboxylic acids is 2. The summed E-state index contributed by atoms with van der Waals surface area (Å²) < 4.78 is 5.70. The highest BCUT2D eigenvalue weighted by molar-refractivity contribution is 6.30. The number of imide groups is 1. The first kappa shape index (κ1) is 21.3. The zero-order valence-corrected chi connectivity index (χ0v) is 17.4. The third-order valence-electron chi connectivity index (χ3n) is 5.18. The first-order valence-corrected chi connectivity index (χ1v) is 9.85. The van der Waals surface area contributed by atoms with Crippen molar-refractivity contribution < 1.29 is 19.4 Å². The molecule has 154 valence electrons. The number of urea groups is 1. The van der Waals surface area contributed by atoms with Crippen LogP contribution in [0.15, 0.2) is 48.5 Å². The molecule has 0 saturated carbocycles. The van der Waals surface area contributed by atoms with Gasteiger partial charge in [0.05, 0.1) is 25.4 Å². The summed E-state index contributed by atoms with van der Waals surface area (Å²) >= 11 is 5.89. The van der Waals surface area contributed by atoms with Crippen LogP contribution in [0.5, 0.6) is 0 Å². The van der Waals surface area contributed by atoms with E-state index in [0.29, 0.717) is 10.6 Å². The maximum absolute atomic E-state index is 12.9.